The van der Waals surface area contributed by atoms with Crippen LogP contribution in [0.1, 0.15) is 66.5 Å². The lowest BCUT2D eigenvalue weighted by atomic mass is 9.82. The van der Waals surface area contributed by atoms with E-state index in [4.69, 9.17) is 4.98 Å². The van der Waals surface area contributed by atoms with Gasteiger partial charge in [-0.1, -0.05) is 56.3 Å². The summed E-state index contributed by atoms with van der Waals surface area (Å²) < 4.78 is 0. The van der Waals surface area contributed by atoms with Crippen LogP contribution in [0.4, 0.5) is 5.69 Å². The number of pyridine rings is 1. The minimum atomic E-state index is -0.0260. The number of carbonyl (C=O) groups is 1. The van der Waals surface area contributed by atoms with E-state index in [1.54, 1.807) is 0 Å². The summed E-state index contributed by atoms with van der Waals surface area (Å²) in [5.74, 6) is 1.50. The van der Waals surface area contributed by atoms with Crippen LogP contribution in [0, 0.1) is 11.3 Å². The first-order valence-corrected chi connectivity index (χ1v) is 12.5. The van der Waals surface area contributed by atoms with E-state index in [2.05, 4.69) is 49.5 Å². The fourth-order valence-corrected chi connectivity index (χ4v) is 5.18. The van der Waals surface area contributed by atoms with Crippen LogP contribution < -0.4 is 5.32 Å². The Balaban J connectivity index is 1.35. The van der Waals surface area contributed by atoms with Crippen molar-refractivity contribution < 1.29 is 4.79 Å². The molecule has 0 saturated carbocycles. The van der Waals surface area contributed by atoms with Gasteiger partial charge in [0.25, 0.3) is 0 Å². The standard InChI is InChI=1S/C28H29N3OS/c1-19(2)20-8-11-25(12-9-20)30-27(32)14-15-33-28-24(18-29)17-23-16-22(10-13-26(23)31-28)21-6-4-3-5-7-21/h3-9,11-12,17,19,22H,10,13-16H2,1-2H3,(H,30,32). The molecule has 0 saturated heterocycles. The summed E-state index contributed by atoms with van der Waals surface area (Å²) in [6, 6.07) is 22.9. The first-order chi connectivity index (χ1) is 16.0. The highest BCUT2D eigenvalue weighted by Crippen LogP contribution is 2.34. The van der Waals surface area contributed by atoms with E-state index in [-0.39, 0.29) is 5.91 Å². The molecular formula is C28H29N3OS. The van der Waals surface area contributed by atoms with Crippen LogP contribution in [0.2, 0.25) is 0 Å². The molecule has 1 unspecified atom stereocenters. The fourth-order valence-electron chi connectivity index (χ4n) is 4.26. The summed E-state index contributed by atoms with van der Waals surface area (Å²) in [7, 11) is 0. The number of anilines is 1. The van der Waals surface area contributed by atoms with Gasteiger partial charge in [0.1, 0.15) is 11.1 Å². The van der Waals surface area contributed by atoms with Crippen LogP contribution in [0.3, 0.4) is 0 Å². The van der Waals surface area contributed by atoms with Gasteiger partial charge in [-0.05, 0) is 66.0 Å². The van der Waals surface area contributed by atoms with Crippen LogP contribution >= 0.6 is 11.8 Å². The molecule has 0 radical (unpaired) electrons. The highest BCUT2D eigenvalue weighted by molar-refractivity contribution is 7.99. The van der Waals surface area contributed by atoms with E-state index in [9.17, 15) is 10.1 Å². The number of benzene rings is 2. The van der Waals surface area contributed by atoms with Crippen molar-refractivity contribution in [2.45, 2.75) is 56.4 Å². The zero-order chi connectivity index (χ0) is 23.2. The molecule has 5 heteroatoms. The van der Waals surface area contributed by atoms with E-state index < -0.39 is 0 Å². The third kappa shape index (κ3) is 5.83. The number of hydrogen-bond acceptors (Lipinski definition) is 4. The number of fused-ring (bicyclic) bond motifs is 1. The number of nitriles is 1. The second-order valence-corrected chi connectivity index (χ2v) is 9.92. The summed E-state index contributed by atoms with van der Waals surface area (Å²) in [6.07, 6.45) is 3.28. The highest BCUT2D eigenvalue weighted by atomic mass is 32.2. The second kappa shape index (κ2) is 10.7. The number of hydrogen-bond donors (Lipinski definition) is 1. The van der Waals surface area contributed by atoms with Gasteiger partial charge in [0.2, 0.25) is 5.91 Å². The molecule has 1 aliphatic carbocycles. The Morgan fingerprint density at radius 2 is 1.94 bits per heavy atom. The van der Waals surface area contributed by atoms with E-state index in [1.165, 1.54) is 28.5 Å². The van der Waals surface area contributed by atoms with Gasteiger partial charge < -0.3 is 5.32 Å². The van der Waals surface area contributed by atoms with Crippen LogP contribution in [0.15, 0.2) is 65.7 Å². The van der Waals surface area contributed by atoms with Gasteiger partial charge in [-0.3, -0.25) is 4.79 Å². The molecule has 3 aromatic rings. The monoisotopic (exact) mass is 455 g/mol. The number of amides is 1. The number of aromatic nitrogens is 1. The van der Waals surface area contributed by atoms with E-state index >= 15 is 0 Å². The highest BCUT2D eigenvalue weighted by Gasteiger charge is 2.23. The summed E-state index contributed by atoms with van der Waals surface area (Å²) in [5.41, 5.74) is 6.30. The van der Waals surface area contributed by atoms with Gasteiger partial charge in [0, 0.05) is 23.6 Å². The molecule has 0 spiro atoms. The summed E-state index contributed by atoms with van der Waals surface area (Å²) in [5, 5.41) is 13.4. The Labute approximate surface area is 200 Å². The maximum absolute atomic E-state index is 12.4. The van der Waals surface area contributed by atoms with Gasteiger partial charge in [-0.25, -0.2) is 4.98 Å². The maximum Gasteiger partial charge on any atom is 0.225 e. The summed E-state index contributed by atoms with van der Waals surface area (Å²) in [4.78, 5) is 17.2. The third-order valence-electron chi connectivity index (χ3n) is 6.17. The van der Waals surface area contributed by atoms with Crippen molar-refractivity contribution in [1.29, 1.82) is 5.26 Å². The van der Waals surface area contributed by atoms with E-state index in [1.807, 2.05) is 36.4 Å². The molecule has 168 valence electrons. The van der Waals surface area contributed by atoms with Crippen LogP contribution in [0.5, 0.6) is 0 Å². The second-order valence-electron chi connectivity index (χ2n) is 8.83. The Morgan fingerprint density at radius 3 is 2.64 bits per heavy atom. The smallest absolute Gasteiger partial charge is 0.225 e. The lowest BCUT2D eigenvalue weighted by Crippen LogP contribution is -2.15. The van der Waals surface area contributed by atoms with E-state index in [0.717, 1.165) is 35.7 Å². The zero-order valence-corrected chi connectivity index (χ0v) is 20.0. The Hall–Kier alpha value is -3.10. The average Bonchev–Trinajstić information content (AvgIpc) is 2.84. The van der Waals surface area contributed by atoms with Crippen LogP contribution in [-0.2, 0) is 17.6 Å². The molecule has 1 amide bonds. The number of carbonyl (C=O) groups excluding carboxylic acids is 1. The topological polar surface area (TPSA) is 65.8 Å². The molecule has 0 fully saturated rings. The molecule has 1 atom stereocenters. The van der Waals surface area contributed by atoms with Crippen molar-refractivity contribution in [3.05, 3.63) is 88.6 Å². The SMILES string of the molecule is CC(C)c1ccc(NC(=O)CCSc2nc3c(cc2C#N)CC(c2ccccc2)CC3)cc1. The lowest BCUT2D eigenvalue weighted by molar-refractivity contribution is -0.115. The third-order valence-corrected chi connectivity index (χ3v) is 7.17. The predicted molar refractivity (Wildman–Crippen MR) is 135 cm³/mol. The van der Waals surface area contributed by atoms with Crippen molar-refractivity contribution in [2.24, 2.45) is 0 Å². The lowest BCUT2D eigenvalue weighted by Gasteiger charge is -2.25. The van der Waals surface area contributed by atoms with Crippen molar-refractivity contribution in [2.75, 3.05) is 11.1 Å². The number of thioether (sulfide) groups is 1. The Morgan fingerprint density at radius 1 is 1.18 bits per heavy atom. The molecule has 4 nitrogen and oxygen atoms in total. The zero-order valence-electron chi connectivity index (χ0n) is 19.2. The minimum Gasteiger partial charge on any atom is -0.326 e. The molecule has 2 aromatic carbocycles. The van der Waals surface area contributed by atoms with Crippen molar-refractivity contribution in [3.8, 4) is 6.07 Å². The fraction of sp³-hybridized carbons (Fsp3) is 0.321. The largest absolute Gasteiger partial charge is 0.326 e. The molecule has 1 heterocycles. The molecule has 0 bridgehead atoms. The molecule has 33 heavy (non-hydrogen) atoms. The maximum atomic E-state index is 12.4. The van der Waals surface area contributed by atoms with Crippen molar-refractivity contribution in [3.63, 3.8) is 0 Å². The molecule has 1 aromatic heterocycles. The number of nitrogens with one attached hydrogen (secondary N) is 1. The number of aryl methyl sites for hydroxylation is 1. The first-order valence-electron chi connectivity index (χ1n) is 11.5. The average molecular weight is 456 g/mol. The molecule has 4 rings (SSSR count). The normalized spacial score (nSPS) is 15.0. The quantitative estimate of drug-likeness (QED) is 0.415. The Kier molecular flexibility index (Phi) is 7.47. The van der Waals surface area contributed by atoms with E-state index in [0.29, 0.717) is 29.6 Å². The number of rotatable bonds is 7. The molecular weight excluding hydrogens is 426 g/mol. The Bertz CT molecular complexity index is 1150. The first kappa shape index (κ1) is 23.1. The van der Waals surface area contributed by atoms with Crippen LogP contribution in [0.25, 0.3) is 0 Å². The van der Waals surface area contributed by atoms with Gasteiger partial charge in [0.15, 0.2) is 0 Å². The number of nitrogens with zero attached hydrogens (tertiary/aromatic N) is 2. The van der Waals surface area contributed by atoms with Gasteiger partial charge in [-0.2, -0.15) is 5.26 Å². The summed E-state index contributed by atoms with van der Waals surface area (Å²) >= 11 is 1.49. The predicted octanol–water partition coefficient (Wildman–Crippen LogP) is 6.47. The van der Waals surface area contributed by atoms with Crippen LogP contribution in [-0.4, -0.2) is 16.6 Å². The van der Waals surface area contributed by atoms with Gasteiger partial charge in [0.05, 0.1) is 5.56 Å². The van der Waals surface area contributed by atoms with Crippen molar-refractivity contribution >= 4 is 23.4 Å². The van der Waals surface area contributed by atoms with Gasteiger partial charge in [-0.15, -0.1) is 11.8 Å². The summed E-state index contributed by atoms with van der Waals surface area (Å²) in [6.45, 7) is 4.30. The molecule has 1 aliphatic rings. The molecule has 1 N–H and O–H groups in total. The molecule has 0 aliphatic heterocycles. The minimum absolute atomic E-state index is 0.0260. The van der Waals surface area contributed by atoms with Crippen molar-refractivity contribution in [1.82, 2.24) is 4.98 Å². The van der Waals surface area contributed by atoms with Gasteiger partial charge >= 0.3 is 0 Å².